The standard InChI is InChI=1S/C25H17ClF3N3O5/c1-12(33)37-15-7-4-13(5-8-15)22(34)21-20-19(18-3-2-10-30-32(18)21)23(35)31(24(20)36)14-6-9-17(26)16(11-14)25(27,28)29/h2-11,18-21H,1H3/t18-,19+,20+,21-/m0/s1. The van der Waals surface area contributed by atoms with Gasteiger partial charge in [-0.3, -0.25) is 24.2 Å². The Morgan fingerprint density at radius 3 is 2.35 bits per heavy atom. The Kier molecular flexibility index (Phi) is 5.90. The first-order valence-corrected chi connectivity index (χ1v) is 11.4. The summed E-state index contributed by atoms with van der Waals surface area (Å²) in [6, 6.07) is 6.50. The molecular weight excluding hydrogens is 515 g/mol. The maximum absolute atomic E-state index is 13.6. The predicted molar refractivity (Wildman–Crippen MR) is 125 cm³/mol. The molecule has 0 saturated carbocycles. The number of alkyl halides is 3. The van der Waals surface area contributed by atoms with Gasteiger partial charge in [0.25, 0.3) is 0 Å². The van der Waals surface area contributed by atoms with E-state index < -0.39 is 64.2 Å². The van der Waals surface area contributed by atoms with E-state index in [0.29, 0.717) is 11.0 Å². The Morgan fingerprint density at radius 1 is 1.03 bits per heavy atom. The van der Waals surface area contributed by atoms with Crippen LogP contribution in [-0.4, -0.2) is 46.9 Å². The number of amides is 2. The van der Waals surface area contributed by atoms with Gasteiger partial charge in [-0.05, 0) is 48.5 Å². The number of carbonyl (C=O) groups excluding carboxylic acids is 4. The van der Waals surface area contributed by atoms with Crippen LogP contribution in [0, 0.1) is 11.8 Å². The number of Topliss-reactive ketones (excluding diaryl/α,β-unsaturated/α-hetero) is 1. The number of esters is 1. The fraction of sp³-hybridized carbons (Fsp3) is 0.240. The highest BCUT2D eigenvalue weighted by Crippen LogP contribution is 2.47. The van der Waals surface area contributed by atoms with Crippen LogP contribution in [0.2, 0.25) is 5.02 Å². The summed E-state index contributed by atoms with van der Waals surface area (Å²) in [6.07, 6.45) is -0.185. The van der Waals surface area contributed by atoms with Crippen LogP contribution in [0.4, 0.5) is 18.9 Å². The van der Waals surface area contributed by atoms with Gasteiger partial charge in [-0.1, -0.05) is 17.7 Å². The van der Waals surface area contributed by atoms with Crippen molar-refractivity contribution in [1.82, 2.24) is 5.01 Å². The van der Waals surface area contributed by atoms with Crippen molar-refractivity contribution in [3.05, 3.63) is 70.8 Å². The Bertz CT molecular complexity index is 1390. The second-order valence-electron chi connectivity index (χ2n) is 8.67. The Morgan fingerprint density at radius 2 is 1.70 bits per heavy atom. The van der Waals surface area contributed by atoms with Crippen molar-refractivity contribution in [1.29, 1.82) is 0 Å². The van der Waals surface area contributed by atoms with Gasteiger partial charge in [0.15, 0.2) is 5.78 Å². The van der Waals surface area contributed by atoms with Crippen molar-refractivity contribution in [2.75, 3.05) is 4.90 Å². The maximum atomic E-state index is 13.6. The van der Waals surface area contributed by atoms with Crippen LogP contribution in [-0.2, 0) is 20.6 Å². The normalized spacial score (nSPS) is 24.4. The van der Waals surface area contributed by atoms with Crippen LogP contribution in [0.5, 0.6) is 5.75 Å². The largest absolute Gasteiger partial charge is 0.427 e. The van der Waals surface area contributed by atoms with Gasteiger partial charge >= 0.3 is 12.1 Å². The molecule has 3 heterocycles. The smallest absolute Gasteiger partial charge is 0.417 e. The molecule has 12 heteroatoms. The minimum Gasteiger partial charge on any atom is -0.427 e. The average molecular weight is 532 g/mol. The number of rotatable bonds is 4. The topological polar surface area (TPSA) is 96.3 Å². The third kappa shape index (κ3) is 4.08. The number of halogens is 4. The average Bonchev–Trinajstić information content (AvgIpc) is 3.31. The van der Waals surface area contributed by atoms with Gasteiger partial charge in [0.05, 0.1) is 34.2 Å². The van der Waals surface area contributed by atoms with E-state index in [1.165, 1.54) is 42.4 Å². The molecule has 0 bridgehead atoms. The number of ketones is 1. The molecule has 3 aliphatic rings. The van der Waals surface area contributed by atoms with E-state index in [-0.39, 0.29) is 17.0 Å². The summed E-state index contributed by atoms with van der Waals surface area (Å²) in [4.78, 5) is 52.5. The number of allylic oxidation sites excluding steroid dienone is 1. The lowest BCUT2D eigenvalue weighted by Gasteiger charge is -2.30. The number of carbonyl (C=O) groups is 4. The van der Waals surface area contributed by atoms with Crippen LogP contribution in [0.3, 0.4) is 0 Å². The second kappa shape index (κ2) is 8.84. The van der Waals surface area contributed by atoms with Gasteiger partial charge < -0.3 is 4.74 Å². The highest BCUT2D eigenvalue weighted by molar-refractivity contribution is 6.32. The van der Waals surface area contributed by atoms with E-state index in [1.807, 2.05) is 0 Å². The monoisotopic (exact) mass is 531 g/mol. The Hall–Kier alpha value is -3.99. The lowest BCUT2D eigenvalue weighted by molar-refractivity contribution is -0.137. The molecule has 5 rings (SSSR count). The number of ether oxygens (including phenoxy) is 1. The third-order valence-electron chi connectivity index (χ3n) is 6.47. The number of hydrogen-bond acceptors (Lipinski definition) is 7. The molecule has 190 valence electrons. The van der Waals surface area contributed by atoms with Crippen molar-refractivity contribution < 1.29 is 37.1 Å². The molecular formula is C25H17ClF3N3O5. The third-order valence-corrected chi connectivity index (χ3v) is 6.80. The van der Waals surface area contributed by atoms with Crippen molar-refractivity contribution in [3.63, 3.8) is 0 Å². The van der Waals surface area contributed by atoms with E-state index in [0.717, 1.165) is 12.1 Å². The first-order valence-electron chi connectivity index (χ1n) is 11.1. The van der Waals surface area contributed by atoms with Crippen molar-refractivity contribution >= 4 is 47.1 Å². The number of benzene rings is 2. The summed E-state index contributed by atoms with van der Waals surface area (Å²) in [7, 11) is 0. The summed E-state index contributed by atoms with van der Waals surface area (Å²) >= 11 is 5.71. The van der Waals surface area contributed by atoms with E-state index in [9.17, 15) is 32.3 Å². The minimum absolute atomic E-state index is 0.176. The molecule has 0 unspecified atom stereocenters. The van der Waals surface area contributed by atoms with Crippen LogP contribution in [0.1, 0.15) is 22.8 Å². The van der Waals surface area contributed by atoms with Gasteiger partial charge in [0.1, 0.15) is 11.8 Å². The van der Waals surface area contributed by atoms with Gasteiger partial charge in [-0.25, -0.2) is 4.90 Å². The predicted octanol–water partition coefficient (Wildman–Crippen LogP) is 3.88. The number of hydrogen-bond donors (Lipinski definition) is 0. The SMILES string of the molecule is CC(=O)Oc1ccc(C(=O)[C@@H]2[C@@H]3C(=O)N(c4ccc(Cl)c(C(F)(F)F)c4)C(=O)[C@@H]3[C@@H]3C=CC=NN23)cc1. The van der Waals surface area contributed by atoms with Crippen molar-refractivity contribution in [2.24, 2.45) is 16.9 Å². The quantitative estimate of drug-likeness (QED) is 0.257. The van der Waals surface area contributed by atoms with Gasteiger partial charge in [0, 0.05) is 18.7 Å². The van der Waals surface area contributed by atoms with Crippen molar-refractivity contribution in [3.8, 4) is 5.75 Å². The molecule has 0 radical (unpaired) electrons. The van der Waals surface area contributed by atoms with Gasteiger partial charge in [-0.2, -0.15) is 18.3 Å². The molecule has 3 aliphatic heterocycles. The first kappa shape index (κ1) is 24.7. The lowest BCUT2D eigenvalue weighted by Crippen LogP contribution is -2.46. The Balaban J connectivity index is 1.53. The number of hydrazone groups is 1. The summed E-state index contributed by atoms with van der Waals surface area (Å²) < 4.78 is 45.3. The number of anilines is 1. The zero-order valence-electron chi connectivity index (χ0n) is 19.0. The van der Waals surface area contributed by atoms with E-state index in [2.05, 4.69) is 5.10 Å². The van der Waals surface area contributed by atoms with Crippen LogP contribution in [0.25, 0.3) is 0 Å². The highest BCUT2D eigenvalue weighted by atomic mass is 35.5. The molecule has 0 aliphatic carbocycles. The molecule has 0 N–H and O–H groups in total. The second-order valence-corrected chi connectivity index (χ2v) is 9.08. The van der Waals surface area contributed by atoms with Crippen LogP contribution in [0.15, 0.2) is 59.7 Å². The molecule has 2 amide bonds. The zero-order valence-corrected chi connectivity index (χ0v) is 19.7. The molecule has 8 nitrogen and oxygen atoms in total. The fourth-order valence-electron chi connectivity index (χ4n) is 4.99. The molecule has 37 heavy (non-hydrogen) atoms. The molecule has 2 aromatic rings. The minimum atomic E-state index is -4.80. The summed E-state index contributed by atoms with van der Waals surface area (Å²) in [5.41, 5.74) is -1.30. The molecule has 0 spiro atoms. The van der Waals surface area contributed by atoms with Crippen molar-refractivity contribution in [2.45, 2.75) is 25.2 Å². The molecule has 2 fully saturated rings. The first-order chi connectivity index (χ1) is 17.5. The lowest BCUT2D eigenvalue weighted by atomic mass is 9.86. The maximum Gasteiger partial charge on any atom is 0.417 e. The Labute approximate surface area is 212 Å². The molecule has 0 aromatic heterocycles. The molecule has 4 atom stereocenters. The van der Waals surface area contributed by atoms with Gasteiger partial charge in [-0.15, -0.1) is 0 Å². The summed E-state index contributed by atoms with van der Waals surface area (Å²) in [5.74, 6) is -4.62. The number of nitrogens with zero attached hydrogens (tertiary/aromatic N) is 3. The fourth-order valence-corrected chi connectivity index (χ4v) is 5.21. The molecule has 2 aromatic carbocycles. The van der Waals surface area contributed by atoms with E-state index in [1.54, 1.807) is 12.2 Å². The zero-order chi connectivity index (χ0) is 26.6. The van der Waals surface area contributed by atoms with Crippen LogP contribution < -0.4 is 9.64 Å². The van der Waals surface area contributed by atoms with E-state index >= 15 is 0 Å². The number of fused-ring (bicyclic) bond motifs is 3. The number of imide groups is 1. The van der Waals surface area contributed by atoms with Gasteiger partial charge in [0.2, 0.25) is 11.8 Å². The molecule has 2 saturated heterocycles. The van der Waals surface area contributed by atoms with E-state index in [4.69, 9.17) is 16.3 Å². The summed E-state index contributed by atoms with van der Waals surface area (Å²) in [6.45, 7) is 1.23. The highest BCUT2D eigenvalue weighted by Gasteiger charge is 2.64. The summed E-state index contributed by atoms with van der Waals surface area (Å²) in [5, 5.41) is 5.04. The van der Waals surface area contributed by atoms with Crippen LogP contribution >= 0.6 is 11.6 Å².